The number of carbonyl (C=O) groups is 3. The van der Waals surface area contributed by atoms with Crippen LogP contribution in [0, 0.1) is 53.3 Å². The molecule has 6 heterocycles. The van der Waals surface area contributed by atoms with Crippen LogP contribution < -0.4 is 0 Å². The molecule has 4 bridgehead atoms. The smallest absolute Gasteiger partial charge is 0.311 e. The van der Waals surface area contributed by atoms with E-state index in [1.54, 1.807) is 54.5 Å². The number of fused-ring (bicyclic) bond motifs is 4. The van der Waals surface area contributed by atoms with Crippen molar-refractivity contribution in [2.24, 2.45) is 53.3 Å². The average molecular weight is 1220 g/mol. The highest BCUT2D eigenvalue weighted by atomic mass is 16.7. The van der Waals surface area contributed by atoms with Crippen LogP contribution >= 0.6 is 0 Å². The Bertz CT molecular complexity index is 2510. The van der Waals surface area contributed by atoms with Crippen molar-refractivity contribution in [2.45, 2.75) is 277 Å². The number of esters is 1. The van der Waals surface area contributed by atoms with E-state index in [0.29, 0.717) is 35.2 Å². The van der Waals surface area contributed by atoms with Crippen molar-refractivity contribution in [2.75, 3.05) is 21.2 Å². The molecule has 6 aliphatic heterocycles. The first-order valence-electron chi connectivity index (χ1n) is 31.7. The van der Waals surface area contributed by atoms with E-state index in [4.69, 9.17) is 37.9 Å². The minimum atomic E-state index is -1.99. The predicted octanol–water partition coefficient (Wildman–Crippen LogP) is 6.92. The Morgan fingerprint density at radius 1 is 0.767 bits per heavy atom. The number of methoxy groups -OCH3 is 1. The van der Waals surface area contributed by atoms with Gasteiger partial charge in [-0.05, 0) is 132 Å². The zero-order chi connectivity index (χ0) is 64.8. The van der Waals surface area contributed by atoms with Gasteiger partial charge in [-0.25, -0.2) is 0 Å². The van der Waals surface area contributed by atoms with Crippen LogP contribution in [-0.2, 0) is 52.3 Å². The first-order valence-corrected chi connectivity index (χ1v) is 31.7. The summed E-state index contributed by atoms with van der Waals surface area (Å²) in [4.78, 5) is 42.8. The minimum absolute atomic E-state index is 0.0815. The van der Waals surface area contributed by atoms with Gasteiger partial charge in [-0.3, -0.25) is 14.4 Å². The van der Waals surface area contributed by atoms with Crippen LogP contribution in [0.15, 0.2) is 46.0 Å². The Balaban J connectivity index is 0.000000294. The summed E-state index contributed by atoms with van der Waals surface area (Å²) in [7, 11) is 5.18. The molecule has 0 aromatic rings. The van der Waals surface area contributed by atoms with E-state index in [0.717, 1.165) is 25.7 Å². The van der Waals surface area contributed by atoms with Gasteiger partial charge in [0, 0.05) is 71.8 Å². The highest BCUT2D eigenvalue weighted by molar-refractivity contribution is 6.10. The highest BCUT2D eigenvalue weighted by Gasteiger charge is 2.55. The summed E-state index contributed by atoms with van der Waals surface area (Å²) in [5.41, 5.74) is -2.40. The summed E-state index contributed by atoms with van der Waals surface area (Å²) in [5.74, 6) is -7.13. The normalized spacial score (nSPS) is 47.6. The number of nitrogens with zero attached hydrogens (tertiary/aromatic N) is 1. The minimum Gasteiger partial charge on any atom is -0.504 e. The first kappa shape index (κ1) is 71.9. The average Bonchev–Trinajstić information content (AvgIpc) is 1.67. The Morgan fingerprint density at radius 2 is 1.41 bits per heavy atom. The number of hydrogen-bond donors (Lipinski definition) is 8. The number of likely N-dealkylation sites (N-methyl/N-ethyl adjacent to an activating group) is 1. The van der Waals surface area contributed by atoms with Crippen LogP contribution in [-0.4, -0.2) is 193 Å². The van der Waals surface area contributed by atoms with Crippen LogP contribution in [0.2, 0.25) is 0 Å². The molecule has 0 spiro atoms. The predicted molar refractivity (Wildman–Crippen MR) is 320 cm³/mol. The van der Waals surface area contributed by atoms with E-state index in [1.807, 2.05) is 46.7 Å². The molecule has 492 valence electrons. The summed E-state index contributed by atoms with van der Waals surface area (Å²) in [6.45, 7) is 30.3. The Labute approximate surface area is 511 Å². The van der Waals surface area contributed by atoms with Gasteiger partial charge in [0.15, 0.2) is 18.3 Å². The van der Waals surface area contributed by atoms with Crippen LogP contribution in [0.1, 0.15) is 169 Å². The maximum Gasteiger partial charge on any atom is 0.311 e. The second-order valence-electron chi connectivity index (χ2n) is 28.2. The fourth-order valence-electron chi connectivity index (χ4n) is 14.9. The van der Waals surface area contributed by atoms with Crippen LogP contribution in [0.4, 0.5) is 0 Å². The molecule has 86 heavy (non-hydrogen) atoms. The third-order valence-corrected chi connectivity index (χ3v) is 20.5. The maximum absolute atomic E-state index is 14.1. The molecule has 20 heteroatoms. The maximum atomic E-state index is 14.1. The number of hydrogen-bond acceptors (Lipinski definition) is 20. The number of carbonyl (C=O) groups excluding carboxylic acids is 3. The summed E-state index contributed by atoms with van der Waals surface area (Å²) >= 11 is 0. The molecule has 0 unspecified atom stereocenters. The Kier molecular flexibility index (Phi) is 23.5. The molecule has 7 aliphatic rings. The van der Waals surface area contributed by atoms with Gasteiger partial charge in [0.2, 0.25) is 11.6 Å². The Hall–Kier alpha value is -3.19. The van der Waals surface area contributed by atoms with E-state index in [-0.39, 0.29) is 66.6 Å². The Morgan fingerprint density at radius 3 is 2.01 bits per heavy atom. The number of aliphatic hydroxyl groups excluding tert-OH is 5. The molecule has 4 fully saturated rings. The molecular formula is C66H109NO19. The van der Waals surface area contributed by atoms with Crippen molar-refractivity contribution < 1.29 is 93.1 Å². The zero-order valence-corrected chi connectivity index (χ0v) is 55.1. The number of cyclic esters (lactones) is 1. The molecule has 4 saturated heterocycles. The number of ether oxygens (including phenoxy) is 8. The number of Topliss-reactive ketones (excluding diaryl/α,β-unsaturated/α-hetero) is 2. The zero-order valence-electron chi connectivity index (χ0n) is 55.1. The van der Waals surface area contributed by atoms with E-state index >= 15 is 0 Å². The molecule has 0 aromatic heterocycles. The van der Waals surface area contributed by atoms with E-state index in [9.17, 15) is 55.2 Å². The molecule has 0 saturated carbocycles. The van der Waals surface area contributed by atoms with Gasteiger partial charge in [-0.15, -0.1) is 0 Å². The van der Waals surface area contributed by atoms with Gasteiger partial charge in [0.05, 0.1) is 66.0 Å². The lowest BCUT2D eigenvalue weighted by molar-refractivity contribution is -0.318. The summed E-state index contributed by atoms with van der Waals surface area (Å²) in [6, 6.07) is -0.324. The lowest BCUT2D eigenvalue weighted by atomic mass is 9.74. The molecule has 20 nitrogen and oxygen atoms in total. The van der Waals surface area contributed by atoms with Gasteiger partial charge in [0.25, 0.3) is 0 Å². The summed E-state index contributed by atoms with van der Waals surface area (Å²) < 4.78 is 49.7. The van der Waals surface area contributed by atoms with Gasteiger partial charge < -0.3 is 83.6 Å². The number of ketones is 2. The molecule has 0 amide bonds. The van der Waals surface area contributed by atoms with E-state index < -0.39 is 131 Å². The first-order chi connectivity index (χ1) is 39.8. The van der Waals surface area contributed by atoms with Crippen LogP contribution in [0.25, 0.3) is 0 Å². The van der Waals surface area contributed by atoms with Gasteiger partial charge in [-0.1, -0.05) is 74.0 Å². The van der Waals surface area contributed by atoms with Gasteiger partial charge in [0.1, 0.15) is 35.5 Å². The van der Waals surface area contributed by atoms with Crippen molar-refractivity contribution in [1.82, 2.24) is 4.90 Å². The summed E-state index contributed by atoms with van der Waals surface area (Å²) in [6.07, 6.45) is -3.95. The van der Waals surface area contributed by atoms with Crippen LogP contribution in [0.3, 0.4) is 0 Å². The lowest BCUT2D eigenvalue weighted by Crippen LogP contribution is -2.61. The molecule has 7 rings (SSSR count). The van der Waals surface area contributed by atoms with Gasteiger partial charge in [-0.2, -0.15) is 0 Å². The monoisotopic (exact) mass is 1220 g/mol. The number of aliphatic hydroxyl groups is 8. The molecule has 0 aromatic carbocycles. The SMILES string of the molecule is CC1=C2O[C@]3(O)C=C2C(=C(O)C1=O)[C@@H]1O[C@H](CC[C@H](C)/C=C(\C)C[C@@H](C)C[C@@H]3C)[C@H](C)[C@H](O)[C@H]1C.CC[C@H]1OC(=O)[C@H](C)[C@@H](O[C@H]2C[C@@](C)(OC)[C@@H](O)[C@H](C)O2)[C@H](C)[C@@H](O[C@@H]2O[C@H](C)C[C@H](N(C)C)[C@H]2O)[C@](C)(O)C[C@@H](C)C(=O)[C@H](C)[C@@H](O)[C@]1(C)O. The quantitative estimate of drug-likeness (QED) is 0.0948. The number of rotatable bonds is 7. The molecule has 1 aliphatic carbocycles. The number of allylic oxidation sites excluding steroid dienone is 4. The van der Waals surface area contributed by atoms with Crippen LogP contribution in [0.5, 0.6) is 0 Å². The third-order valence-electron chi connectivity index (χ3n) is 20.5. The van der Waals surface area contributed by atoms with Crippen molar-refractivity contribution in [1.29, 1.82) is 0 Å². The van der Waals surface area contributed by atoms with Crippen molar-refractivity contribution in [3.63, 3.8) is 0 Å². The largest absolute Gasteiger partial charge is 0.504 e. The lowest BCUT2D eigenvalue weighted by Gasteiger charge is -2.49. The van der Waals surface area contributed by atoms with E-state index in [1.165, 1.54) is 33.5 Å². The fraction of sp³-hybridized carbons (Fsp3) is 0.833. The molecule has 8 N–H and O–H groups in total. The standard InChI is InChI=1S/C37H67NO13.C29H42O6/c1-14-25-37(10,45)30(41)20(4)27(39)18(2)16-35(8,44)32(51-34-28(40)24(38(11)12)15-19(3)47-34)21(5)29(22(6)33(43)49-25)50-26-17-36(9,46-13)31(42)23(7)48-26;1-14-8-9-22-18(5)24(30)19(6)28(34-22)23-21-13-29(33,17(4)12-16(3)11-15(2)10-14)35-27(21)20(7)25(31)26(23)32/h18-26,28-32,34,40-42,44-45H,14-17H2,1-13H3;10,13-14,16-19,22,24,28,30,32-33H,8-9,11-12H2,1-7H3/b;15-10+/t18-,19-,20+,21+,22-,23+,24+,25-,26+,28-,29+,30-,31+,32-,34+,35-,36-,37-;14-,16+,17-,18-,19+,22+,24-,28+,29+/m10/s1. The van der Waals surface area contributed by atoms with Crippen molar-refractivity contribution in [3.05, 3.63) is 46.0 Å². The van der Waals surface area contributed by atoms with Gasteiger partial charge >= 0.3 is 5.97 Å². The van der Waals surface area contributed by atoms with E-state index in [2.05, 4.69) is 26.8 Å². The van der Waals surface area contributed by atoms with Crippen molar-refractivity contribution >= 4 is 17.5 Å². The summed E-state index contributed by atoms with van der Waals surface area (Å²) in [5, 5.41) is 91.4. The fourth-order valence-corrected chi connectivity index (χ4v) is 14.9. The molecule has 0 radical (unpaired) electrons. The molecular weight excluding hydrogens is 1110 g/mol. The topological polar surface area (TPSA) is 290 Å². The second-order valence-corrected chi connectivity index (χ2v) is 28.2. The van der Waals surface area contributed by atoms with Crippen molar-refractivity contribution in [3.8, 4) is 0 Å². The third kappa shape index (κ3) is 15.1. The molecule has 27 atom stereocenters. The highest BCUT2D eigenvalue weighted by Crippen LogP contribution is 2.50. The second kappa shape index (κ2) is 28.1.